The van der Waals surface area contributed by atoms with E-state index in [1.807, 2.05) is 0 Å². The van der Waals surface area contributed by atoms with Crippen LogP contribution in [0.4, 0.5) is 14.5 Å². The first-order chi connectivity index (χ1) is 6.59. The van der Waals surface area contributed by atoms with Gasteiger partial charge in [0, 0.05) is 4.70 Å². The molecule has 1 heterocycles. The Balaban J connectivity index is 2.88. The second-order valence-corrected chi connectivity index (χ2v) is 3.65. The number of benzene rings is 1. The summed E-state index contributed by atoms with van der Waals surface area (Å²) in [4.78, 5) is 9.65. The van der Waals surface area contributed by atoms with Gasteiger partial charge < -0.3 is 0 Å². The quantitative estimate of drug-likeness (QED) is 0.542. The van der Waals surface area contributed by atoms with Crippen LogP contribution in [0.3, 0.4) is 0 Å². The van der Waals surface area contributed by atoms with Gasteiger partial charge >= 0.3 is 5.69 Å². The van der Waals surface area contributed by atoms with Gasteiger partial charge in [-0.2, -0.15) is 8.78 Å². The first-order valence-electron chi connectivity index (χ1n) is 3.61. The predicted octanol–water partition coefficient (Wildman–Crippen LogP) is 3.09. The molecular formula is C8H3F2NO2S. The zero-order valence-electron chi connectivity index (χ0n) is 6.66. The van der Waals surface area contributed by atoms with Crippen LogP contribution in [0, 0.1) is 21.1 Å². The normalized spacial score (nSPS) is 10.7. The number of nitrogens with zero attached hydrogens (tertiary/aromatic N) is 1. The fraction of sp³-hybridized carbons (Fsp3) is 0. The Bertz CT molecular complexity index is 523. The van der Waals surface area contributed by atoms with Crippen molar-refractivity contribution in [2.75, 3.05) is 0 Å². The van der Waals surface area contributed by atoms with Gasteiger partial charge in [-0.25, -0.2) is 0 Å². The number of nitro groups is 1. The molecule has 1 aromatic carbocycles. The first-order valence-corrected chi connectivity index (χ1v) is 4.43. The standard InChI is InChI=1S/C8H3F2NO2S/c9-5-1-2-6-4(3-7(10)14-6)8(5)11(12)13/h1-3H. The molecule has 0 saturated heterocycles. The van der Waals surface area contributed by atoms with Gasteiger partial charge in [0.05, 0.1) is 10.3 Å². The highest BCUT2D eigenvalue weighted by Crippen LogP contribution is 2.33. The highest BCUT2D eigenvalue weighted by atomic mass is 32.1. The minimum absolute atomic E-state index is 0.0116. The Morgan fingerprint density at radius 3 is 2.71 bits per heavy atom. The predicted molar refractivity (Wildman–Crippen MR) is 48.4 cm³/mol. The Hall–Kier alpha value is -1.56. The lowest BCUT2D eigenvalue weighted by Gasteiger charge is -1.94. The molecule has 0 bridgehead atoms. The van der Waals surface area contributed by atoms with Crippen molar-refractivity contribution < 1.29 is 13.7 Å². The molecule has 0 fully saturated rings. The molecule has 14 heavy (non-hydrogen) atoms. The third-order valence-corrected chi connectivity index (χ3v) is 2.66. The van der Waals surface area contributed by atoms with Gasteiger partial charge in [-0.1, -0.05) is 0 Å². The largest absolute Gasteiger partial charge is 0.313 e. The summed E-state index contributed by atoms with van der Waals surface area (Å²) in [6.45, 7) is 0. The van der Waals surface area contributed by atoms with Crippen LogP contribution < -0.4 is 0 Å². The number of nitro benzene ring substituents is 1. The minimum atomic E-state index is -0.944. The number of hydrogen-bond acceptors (Lipinski definition) is 3. The van der Waals surface area contributed by atoms with E-state index >= 15 is 0 Å². The molecule has 0 amide bonds. The van der Waals surface area contributed by atoms with E-state index in [0.29, 0.717) is 4.70 Å². The molecule has 6 heteroatoms. The second-order valence-electron chi connectivity index (χ2n) is 2.62. The molecule has 3 nitrogen and oxygen atoms in total. The van der Waals surface area contributed by atoms with Gasteiger partial charge in [0.25, 0.3) is 0 Å². The average molecular weight is 215 g/mol. The summed E-state index contributed by atoms with van der Waals surface area (Å²) in [6, 6.07) is 3.27. The van der Waals surface area contributed by atoms with Gasteiger partial charge in [0.2, 0.25) is 5.82 Å². The van der Waals surface area contributed by atoms with Crippen molar-refractivity contribution in [3.05, 3.63) is 39.3 Å². The van der Waals surface area contributed by atoms with Gasteiger partial charge in [0.1, 0.15) is 0 Å². The monoisotopic (exact) mass is 215 g/mol. The molecule has 0 aliphatic carbocycles. The van der Waals surface area contributed by atoms with Crippen molar-refractivity contribution >= 4 is 27.1 Å². The molecule has 0 unspecified atom stereocenters. The maximum Gasteiger partial charge on any atom is 0.313 e. The Kier molecular flexibility index (Phi) is 1.92. The van der Waals surface area contributed by atoms with Gasteiger partial charge in [-0.05, 0) is 18.2 Å². The lowest BCUT2D eigenvalue weighted by Crippen LogP contribution is -1.92. The van der Waals surface area contributed by atoms with E-state index in [2.05, 4.69) is 0 Å². The van der Waals surface area contributed by atoms with Crippen LogP contribution in [-0.4, -0.2) is 4.92 Å². The fourth-order valence-electron chi connectivity index (χ4n) is 1.22. The molecular weight excluding hydrogens is 212 g/mol. The van der Waals surface area contributed by atoms with Crippen molar-refractivity contribution in [1.29, 1.82) is 0 Å². The van der Waals surface area contributed by atoms with Crippen LogP contribution in [0.2, 0.25) is 0 Å². The molecule has 0 aliphatic rings. The zero-order chi connectivity index (χ0) is 10.3. The summed E-state index contributed by atoms with van der Waals surface area (Å²) in [5, 5.41) is 9.94. The molecule has 0 atom stereocenters. The number of hydrogen-bond donors (Lipinski definition) is 0. The Labute approximate surface area is 80.7 Å². The van der Waals surface area contributed by atoms with Crippen molar-refractivity contribution in [3.8, 4) is 0 Å². The molecule has 2 aromatic rings. The molecule has 0 N–H and O–H groups in total. The third-order valence-electron chi connectivity index (χ3n) is 1.78. The zero-order valence-corrected chi connectivity index (χ0v) is 7.48. The molecule has 0 spiro atoms. The van der Waals surface area contributed by atoms with E-state index in [1.54, 1.807) is 0 Å². The van der Waals surface area contributed by atoms with Gasteiger partial charge in [-0.15, -0.1) is 11.3 Å². The maximum absolute atomic E-state index is 13.0. The van der Waals surface area contributed by atoms with Crippen LogP contribution >= 0.6 is 11.3 Å². The number of thiophene rings is 1. The molecule has 1 aromatic heterocycles. The topological polar surface area (TPSA) is 43.1 Å². The van der Waals surface area contributed by atoms with Crippen LogP contribution in [0.5, 0.6) is 0 Å². The second kappa shape index (κ2) is 2.98. The van der Waals surface area contributed by atoms with Gasteiger partial charge in [0.15, 0.2) is 5.13 Å². The van der Waals surface area contributed by atoms with E-state index in [0.717, 1.165) is 23.5 Å². The Morgan fingerprint density at radius 2 is 2.07 bits per heavy atom. The van der Waals surface area contributed by atoms with Crippen molar-refractivity contribution in [2.24, 2.45) is 0 Å². The minimum Gasteiger partial charge on any atom is -0.258 e. The molecule has 72 valence electrons. The highest BCUT2D eigenvalue weighted by molar-refractivity contribution is 7.17. The lowest BCUT2D eigenvalue weighted by molar-refractivity contribution is -0.385. The summed E-state index contributed by atoms with van der Waals surface area (Å²) in [7, 11) is 0. The fourth-order valence-corrected chi connectivity index (χ4v) is 2.01. The molecule has 0 saturated carbocycles. The SMILES string of the molecule is O=[N+]([O-])c1c(F)ccc2sc(F)cc12. The average Bonchev–Trinajstić information content (AvgIpc) is 2.43. The summed E-state index contributed by atoms with van der Waals surface area (Å²) < 4.78 is 26.2. The molecule has 0 radical (unpaired) electrons. The van der Waals surface area contributed by atoms with Crippen LogP contribution in [0.25, 0.3) is 10.1 Å². The third kappa shape index (κ3) is 1.24. The van der Waals surface area contributed by atoms with E-state index in [9.17, 15) is 18.9 Å². The van der Waals surface area contributed by atoms with Crippen molar-refractivity contribution in [3.63, 3.8) is 0 Å². The number of rotatable bonds is 1. The maximum atomic E-state index is 13.0. The van der Waals surface area contributed by atoms with Gasteiger partial charge in [-0.3, -0.25) is 10.1 Å². The number of halogens is 2. The van der Waals surface area contributed by atoms with E-state index in [-0.39, 0.29) is 5.39 Å². The summed E-state index contributed by atoms with van der Waals surface area (Å²) >= 11 is 0.755. The van der Waals surface area contributed by atoms with Crippen LogP contribution in [0.15, 0.2) is 18.2 Å². The molecule has 2 rings (SSSR count). The first kappa shape index (κ1) is 9.01. The van der Waals surface area contributed by atoms with Crippen molar-refractivity contribution in [1.82, 2.24) is 0 Å². The summed E-state index contributed by atoms with van der Waals surface area (Å²) in [5.74, 6) is -0.944. The van der Waals surface area contributed by atoms with Crippen LogP contribution in [-0.2, 0) is 0 Å². The summed E-state index contributed by atoms with van der Waals surface area (Å²) in [6.07, 6.45) is 0. The number of fused-ring (bicyclic) bond motifs is 1. The van der Waals surface area contributed by atoms with Crippen molar-refractivity contribution in [2.45, 2.75) is 0 Å². The highest BCUT2D eigenvalue weighted by Gasteiger charge is 2.20. The van der Waals surface area contributed by atoms with E-state index in [4.69, 9.17) is 0 Å². The smallest absolute Gasteiger partial charge is 0.258 e. The van der Waals surface area contributed by atoms with Crippen LogP contribution in [0.1, 0.15) is 0 Å². The molecule has 0 aliphatic heterocycles. The van der Waals surface area contributed by atoms with E-state index < -0.39 is 21.6 Å². The summed E-state index contributed by atoms with van der Waals surface area (Å²) in [5.41, 5.74) is -0.664. The van der Waals surface area contributed by atoms with E-state index in [1.165, 1.54) is 6.07 Å². The lowest BCUT2D eigenvalue weighted by atomic mass is 10.2. The Morgan fingerprint density at radius 1 is 1.36 bits per heavy atom.